The predicted molar refractivity (Wildman–Crippen MR) is 165 cm³/mol. The molecule has 2 aromatic carbocycles. The van der Waals surface area contributed by atoms with Crippen molar-refractivity contribution in [2.75, 3.05) is 56.2 Å². The number of nitrogens with zero attached hydrogens (tertiary/aromatic N) is 4. The number of amides is 1. The minimum Gasteiger partial charge on any atom is -0.497 e. The molecule has 2 saturated heterocycles. The monoisotopic (exact) mass is 575 g/mol. The second-order valence-corrected chi connectivity index (χ2v) is 12.6. The third-order valence-corrected chi connectivity index (χ3v) is 8.49. The molecule has 1 atom stereocenters. The molecule has 1 N–H and O–H groups in total. The van der Waals surface area contributed by atoms with Gasteiger partial charge >= 0.3 is 0 Å². The first-order valence-corrected chi connectivity index (χ1v) is 15.4. The molecule has 2 aliphatic heterocycles. The van der Waals surface area contributed by atoms with Crippen molar-refractivity contribution in [1.82, 2.24) is 15.3 Å². The van der Waals surface area contributed by atoms with Gasteiger partial charge in [-0.3, -0.25) is 4.79 Å². The maximum Gasteiger partial charge on any atom is 0.251 e. The minimum atomic E-state index is -0.0983. The molecule has 1 unspecified atom stereocenters. The van der Waals surface area contributed by atoms with Gasteiger partial charge in [-0.25, -0.2) is 9.97 Å². The molecule has 0 radical (unpaired) electrons. The molecule has 1 aromatic heterocycles. The van der Waals surface area contributed by atoms with E-state index in [9.17, 15) is 4.79 Å². The molecule has 0 saturated carbocycles. The molecular weight excluding hydrogens is 534 g/mol. The van der Waals surface area contributed by atoms with Crippen LogP contribution in [0.25, 0.3) is 0 Å². The fourth-order valence-electron chi connectivity index (χ4n) is 5.07. The van der Waals surface area contributed by atoms with Crippen LogP contribution in [-0.4, -0.2) is 68.4 Å². The number of rotatable bonds is 9. The number of hydrogen-bond acceptors (Lipinski definition) is 8. The number of anilines is 2. The number of carbonyl (C=O) groups excluding carboxylic acids is 1. The highest BCUT2D eigenvalue weighted by molar-refractivity contribution is 7.98. The molecule has 5 rings (SSSR count). The maximum absolute atomic E-state index is 12.7. The third kappa shape index (κ3) is 7.71. The molecule has 3 heterocycles. The van der Waals surface area contributed by atoms with Gasteiger partial charge in [0, 0.05) is 67.8 Å². The van der Waals surface area contributed by atoms with E-state index in [1.54, 1.807) is 18.9 Å². The average molecular weight is 576 g/mol. The normalized spacial score (nSPS) is 17.5. The summed E-state index contributed by atoms with van der Waals surface area (Å²) >= 11 is 1.61. The molecule has 0 aliphatic carbocycles. The Kier molecular flexibility index (Phi) is 9.35. The fourth-order valence-corrected chi connectivity index (χ4v) is 5.87. The summed E-state index contributed by atoms with van der Waals surface area (Å²) in [5, 5.41) is 3.78. The molecule has 3 aromatic rings. The zero-order chi connectivity index (χ0) is 28.8. The molecule has 9 heteroatoms. The maximum atomic E-state index is 12.7. The van der Waals surface area contributed by atoms with Gasteiger partial charge in [-0.1, -0.05) is 44.7 Å². The van der Waals surface area contributed by atoms with Gasteiger partial charge in [-0.05, 0) is 54.8 Å². The number of thioether (sulfide) groups is 1. The second kappa shape index (κ2) is 13.1. The van der Waals surface area contributed by atoms with Crippen molar-refractivity contribution in [3.63, 3.8) is 0 Å². The van der Waals surface area contributed by atoms with Crippen molar-refractivity contribution in [2.24, 2.45) is 0 Å². The van der Waals surface area contributed by atoms with E-state index in [4.69, 9.17) is 19.4 Å². The number of ether oxygens (including phenoxy) is 2. The lowest BCUT2D eigenvalue weighted by Gasteiger charge is -2.37. The first kappa shape index (κ1) is 29.2. The molecule has 8 nitrogen and oxygen atoms in total. The van der Waals surface area contributed by atoms with Crippen molar-refractivity contribution >= 4 is 29.2 Å². The van der Waals surface area contributed by atoms with Crippen LogP contribution in [0.15, 0.2) is 59.8 Å². The zero-order valence-corrected chi connectivity index (χ0v) is 25.4. The minimum absolute atomic E-state index is 0.0607. The van der Waals surface area contributed by atoms with E-state index in [1.165, 1.54) is 5.69 Å². The van der Waals surface area contributed by atoms with E-state index in [0.717, 1.165) is 73.6 Å². The fraction of sp³-hybridized carbons (Fsp3) is 0.469. The summed E-state index contributed by atoms with van der Waals surface area (Å²) in [4.78, 5) is 27.4. The van der Waals surface area contributed by atoms with Crippen molar-refractivity contribution in [2.45, 2.75) is 56.0 Å². The van der Waals surface area contributed by atoms with Gasteiger partial charge in [0.1, 0.15) is 11.6 Å². The Morgan fingerprint density at radius 3 is 2.49 bits per heavy atom. The summed E-state index contributed by atoms with van der Waals surface area (Å²) in [6, 6.07) is 18.2. The number of carbonyl (C=O) groups is 1. The molecule has 218 valence electrons. The third-order valence-electron chi connectivity index (χ3n) is 7.57. The summed E-state index contributed by atoms with van der Waals surface area (Å²) in [5.74, 6) is 2.47. The van der Waals surface area contributed by atoms with E-state index in [1.807, 2.05) is 30.3 Å². The quantitative estimate of drug-likeness (QED) is 0.272. The summed E-state index contributed by atoms with van der Waals surface area (Å²) in [7, 11) is 1.69. The van der Waals surface area contributed by atoms with Crippen molar-refractivity contribution in [3.8, 4) is 5.75 Å². The highest BCUT2D eigenvalue weighted by Gasteiger charge is 2.23. The van der Waals surface area contributed by atoms with E-state index in [-0.39, 0.29) is 17.4 Å². The van der Waals surface area contributed by atoms with Crippen molar-refractivity contribution in [1.29, 1.82) is 0 Å². The summed E-state index contributed by atoms with van der Waals surface area (Å²) in [6.45, 7) is 11.5. The largest absolute Gasteiger partial charge is 0.497 e. The Morgan fingerprint density at radius 2 is 1.80 bits per heavy atom. The van der Waals surface area contributed by atoms with Gasteiger partial charge in [-0.15, -0.1) is 0 Å². The predicted octanol–water partition coefficient (Wildman–Crippen LogP) is 5.31. The average Bonchev–Trinajstić information content (AvgIpc) is 3.52. The molecule has 2 fully saturated rings. The Hall–Kier alpha value is -3.30. The topological polar surface area (TPSA) is 79.8 Å². The van der Waals surface area contributed by atoms with E-state index in [0.29, 0.717) is 17.9 Å². The Morgan fingerprint density at radius 1 is 1.05 bits per heavy atom. The van der Waals surface area contributed by atoms with Crippen molar-refractivity contribution in [3.05, 3.63) is 71.4 Å². The number of benzene rings is 2. The van der Waals surface area contributed by atoms with E-state index < -0.39 is 0 Å². The standard InChI is InChI=1S/C32H41N5O3S/c1-32(2,3)28-20-29(37-16-14-36(15-17-37)25-10-12-26(39-4)13-11-25)35-31(34-28)41-22-23-7-5-8-24(19-23)30(38)33-21-27-9-6-18-40-27/h5,7-8,10-13,19-20,27H,6,9,14-18,21-22H2,1-4H3,(H,33,38). The molecule has 0 bridgehead atoms. The lowest BCUT2D eigenvalue weighted by molar-refractivity contribution is 0.0857. The van der Waals surface area contributed by atoms with Gasteiger partial charge in [0.05, 0.1) is 18.9 Å². The first-order chi connectivity index (χ1) is 19.8. The van der Waals surface area contributed by atoms with Crippen LogP contribution in [0.5, 0.6) is 5.75 Å². The number of piperazine rings is 1. The lowest BCUT2D eigenvalue weighted by atomic mass is 9.92. The Balaban J connectivity index is 1.24. The highest BCUT2D eigenvalue weighted by atomic mass is 32.2. The Labute approximate surface area is 247 Å². The lowest BCUT2D eigenvalue weighted by Crippen LogP contribution is -2.47. The van der Waals surface area contributed by atoms with Gasteiger partial charge in [0.15, 0.2) is 5.16 Å². The molecule has 0 spiro atoms. The number of hydrogen-bond donors (Lipinski definition) is 1. The molecule has 1 amide bonds. The van der Waals surface area contributed by atoms with Crippen LogP contribution in [-0.2, 0) is 15.9 Å². The molecule has 2 aliphatic rings. The van der Waals surface area contributed by atoms with Gasteiger partial charge in [0.25, 0.3) is 5.91 Å². The first-order valence-electron chi connectivity index (χ1n) is 14.4. The van der Waals surface area contributed by atoms with Crippen LogP contribution in [0.3, 0.4) is 0 Å². The van der Waals surface area contributed by atoms with Gasteiger partial charge in [0.2, 0.25) is 0 Å². The zero-order valence-electron chi connectivity index (χ0n) is 24.6. The molecular formula is C32H41N5O3S. The van der Waals surface area contributed by atoms with Gasteiger partial charge in [-0.2, -0.15) is 0 Å². The number of aromatic nitrogens is 2. The summed E-state index contributed by atoms with van der Waals surface area (Å²) < 4.78 is 10.9. The van der Waals surface area contributed by atoms with Crippen LogP contribution in [0.2, 0.25) is 0 Å². The van der Waals surface area contributed by atoms with Crippen molar-refractivity contribution < 1.29 is 14.3 Å². The van der Waals surface area contributed by atoms with Crippen LogP contribution in [0.1, 0.15) is 55.2 Å². The Bertz CT molecular complexity index is 1310. The van der Waals surface area contributed by atoms with Crippen LogP contribution in [0, 0.1) is 0 Å². The van der Waals surface area contributed by atoms with Crippen LogP contribution in [0.4, 0.5) is 11.5 Å². The summed E-state index contributed by atoms with van der Waals surface area (Å²) in [6.07, 6.45) is 2.20. The second-order valence-electron chi connectivity index (χ2n) is 11.7. The van der Waals surface area contributed by atoms with Gasteiger partial charge < -0.3 is 24.6 Å². The number of nitrogens with one attached hydrogen (secondary N) is 1. The SMILES string of the molecule is COc1ccc(N2CCN(c3cc(C(C)(C)C)nc(SCc4cccc(C(=O)NCC5CCCO5)c4)n3)CC2)cc1. The number of methoxy groups -OCH3 is 1. The van der Waals surface area contributed by atoms with E-state index in [2.05, 4.69) is 60.2 Å². The van der Waals surface area contributed by atoms with Crippen LogP contribution < -0.4 is 19.9 Å². The van der Waals surface area contributed by atoms with E-state index >= 15 is 0 Å². The van der Waals surface area contributed by atoms with Crippen LogP contribution >= 0.6 is 11.8 Å². The smallest absolute Gasteiger partial charge is 0.251 e. The molecule has 41 heavy (non-hydrogen) atoms. The summed E-state index contributed by atoms with van der Waals surface area (Å²) in [5.41, 5.74) is 3.88. The highest BCUT2D eigenvalue weighted by Crippen LogP contribution is 2.30.